The van der Waals surface area contributed by atoms with Crippen LogP contribution in [0.3, 0.4) is 0 Å². The third-order valence-corrected chi connectivity index (χ3v) is 3.62. The number of hydrogen-bond donors (Lipinski definition) is 1. The number of amides is 1. The van der Waals surface area contributed by atoms with Gasteiger partial charge in [-0.2, -0.15) is 0 Å². The number of anilines is 1. The average molecular weight is 314 g/mol. The summed E-state index contributed by atoms with van der Waals surface area (Å²) in [5.74, 6) is 0.283. The number of aryl methyl sites for hydroxylation is 2. The normalized spacial score (nSPS) is 10.2. The highest BCUT2D eigenvalue weighted by Gasteiger charge is 2.12. The van der Waals surface area contributed by atoms with Gasteiger partial charge in [-0.3, -0.25) is 14.9 Å². The number of nitrogens with one attached hydrogen (secondary N) is 1. The van der Waals surface area contributed by atoms with Crippen molar-refractivity contribution < 1.29 is 14.5 Å². The maximum atomic E-state index is 12.0. The second kappa shape index (κ2) is 6.91. The molecule has 0 saturated heterocycles. The summed E-state index contributed by atoms with van der Waals surface area (Å²) < 4.78 is 5.52. The molecule has 0 aromatic heterocycles. The lowest BCUT2D eigenvalue weighted by atomic mass is 10.1. The fourth-order valence-corrected chi connectivity index (χ4v) is 2.07. The molecule has 0 heterocycles. The van der Waals surface area contributed by atoms with E-state index in [-0.39, 0.29) is 18.2 Å². The van der Waals surface area contributed by atoms with Gasteiger partial charge in [0, 0.05) is 12.1 Å². The van der Waals surface area contributed by atoms with Crippen molar-refractivity contribution in [3.8, 4) is 5.75 Å². The summed E-state index contributed by atoms with van der Waals surface area (Å²) in [6.07, 6.45) is 0. The number of carbonyl (C=O) groups is 1. The smallest absolute Gasteiger partial charge is 0.271 e. The molecule has 2 aromatic carbocycles. The van der Waals surface area contributed by atoms with Crippen LogP contribution in [-0.2, 0) is 4.79 Å². The summed E-state index contributed by atoms with van der Waals surface area (Å²) in [7, 11) is 0. The highest BCUT2D eigenvalue weighted by Crippen LogP contribution is 2.23. The summed E-state index contributed by atoms with van der Waals surface area (Å²) in [6, 6.07) is 9.96. The van der Waals surface area contributed by atoms with Crippen molar-refractivity contribution in [3.05, 3.63) is 63.2 Å². The van der Waals surface area contributed by atoms with Crippen LogP contribution in [-0.4, -0.2) is 17.4 Å². The molecule has 0 saturated carbocycles. The summed E-state index contributed by atoms with van der Waals surface area (Å²) in [4.78, 5) is 22.3. The highest BCUT2D eigenvalue weighted by atomic mass is 16.6. The topological polar surface area (TPSA) is 81.5 Å². The third-order valence-electron chi connectivity index (χ3n) is 3.62. The van der Waals surface area contributed by atoms with Crippen LogP contribution in [0.1, 0.15) is 16.7 Å². The van der Waals surface area contributed by atoms with Crippen LogP contribution in [0.25, 0.3) is 0 Å². The van der Waals surface area contributed by atoms with E-state index in [4.69, 9.17) is 4.74 Å². The van der Waals surface area contributed by atoms with Gasteiger partial charge in [0.1, 0.15) is 5.75 Å². The van der Waals surface area contributed by atoms with Crippen molar-refractivity contribution in [3.63, 3.8) is 0 Å². The first-order chi connectivity index (χ1) is 10.9. The van der Waals surface area contributed by atoms with Gasteiger partial charge in [0.25, 0.3) is 11.6 Å². The minimum absolute atomic E-state index is 0.0682. The van der Waals surface area contributed by atoms with Crippen LogP contribution >= 0.6 is 0 Å². The second-order valence-corrected chi connectivity index (χ2v) is 5.29. The Bertz CT molecular complexity index is 756. The molecule has 0 unspecified atom stereocenters. The van der Waals surface area contributed by atoms with Gasteiger partial charge in [-0.15, -0.1) is 0 Å². The zero-order valence-corrected chi connectivity index (χ0v) is 13.3. The first-order valence-corrected chi connectivity index (χ1v) is 7.12. The Labute approximate surface area is 134 Å². The number of nitro groups is 1. The molecule has 2 rings (SSSR count). The van der Waals surface area contributed by atoms with E-state index in [1.165, 1.54) is 12.1 Å². The molecule has 0 aliphatic rings. The van der Waals surface area contributed by atoms with E-state index in [9.17, 15) is 14.9 Å². The van der Waals surface area contributed by atoms with Crippen molar-refractivity contribution in [1.29, 1.82) is 0 Å². The number of hydrogen-bond acceptors (Lipinski definition) is 4. The van der Waals surface area contributed by atoms with Crippen molar-refractivity contribution >= 4 is 17.3 Å². The molecule has 120 valence electrons. The summed E-state index contributed by atoms with van der Waals surface area (Å²) >= 11 is 0. The average Bonchev–Trinajstić information content (AvgIpc) is 2.50. The third kappa shape index (κ3) is 4.06. The molecule has 0 atom stereocenters. The highest BCUT2D eigenvalue weighted by molar-refractivity contribution is 5.93. The van der Waals surface area contributed by atoms with Gasteiger partial charge in [-0.05, 0) is 43.5 Å². The molecular weight excluding hydrogens is 296 g/mol. The van der Waals surface area contributed by atoms with Gasteiger partial charge < -0.3 is 10.1 Å². The molecule has 1 N–H and O–H groups in total. The SMILES string of the molecule is Cc1ccc([N+](=O)[O-])cc1NC(=O)COc1cccc(C)c1C. The maximum Gasteiger partial charge on any atom is 0.271 e. The van der Waals surface area contributed by atoms with Gasteiger partial charge in [-0.25, -0.2) is 0 Å². The van der Waals surface area contributed by atoms with E-state index in [1.807, 2.05) is 26.0 Å². The van der Waals surface area contributed by atoms with Gasteiger partial charge in [0.15, 0.2) is 6.61 Å². The van der Waals surface area contributed by atoms with E-state index in [0.717, 1.165) is 16.7 Å². The quantitative estimate of drug-likeness (QED) is 0.676. The Hall–Kier alpha value is -2.89. The Kier molecular flexibility index (Phi) is 4.95. The second-order valence-electron chi connectivity index (χ2n) is 5.29. The van der Waals surface area contributed by atoms with Crippen LogP contribution in [0.2, 0.25) is 0 Å². The molecule has 0 radical (unpaired) electrons. The Balaban J connectivity index is 2.04. The lowest BCUT2D eigenvalue weighted by molar-refractivity contribution is -0.384. The zero-order valence-electron chi connectivity index (χ0n) is 13.3. The van der Waals surface area contributed by atoms with Crippen LogP contribution < -0.4 is 10.1 Å². The fraction of sp³-hybridized carbons (Fsp3) is 0.235. The molecule has 0 spiro atoms. The standard InChI is InChI=1S/C17H18N2O4/c1-11-5-4-6-16(13(11)3)23-10-17(20)18-15-9-14(19(21)22)8-7-12(15)2/h4-9H,10H2,1-3H3,(H,18,20). The lowest BCUT2D eigenvalue weighted by Crippen LogP contribution is -2.21. The minimum Gasteiger partial charge on any atom is -0.483 e. The number of rotatable bonds is 5. The number of nitro benzene ring substituents is 1. The van der Waals surface area contributed by atoms with E-state index in [2.05, 4.69) is 5.32 Å². The first-order valence-electron chi connectivity index (χ1n) is 7.12. The monoisotopic (exact) mass is 314 g/mol. The molecule has 1 amide bonds. The molecule has 6 nitrogen and oxygen atoms in total. The Morgan fingerprint density at radius 3 is 2.61 bits per heavy atom. The van der Waals surface area contributed by atoms with Crippen LogP contribution in [0.4, 0.5) is 11.4 Å². The van der Waals surface area contributed by atoms with Crippen LogP contribution in [0.5, 0.6) is 5.75 Å². The summed E-state index contributed by atoms with van der Waals surface area (Å²) in [5, 5.41) is 13.4. The van der Waals surface area contributed by atoms with Crippen LogP contribution in [0, 0.1) is 30.9 Å². The van der Waals surface area contributed by atoms with E-state index >= 15 is 0 Å². The largest absolute Gasteiger partial charge is 0.483 e. The molecule has 0 aliphatic heterocycles. The maximum absolute atomic E-state index is 12.0. The number of benzene rings is 2. The van der Waals surface area contributed by atoms with Crippen molar-refractivity contribution in [2.45, 2.75) is 20.8 Å². The fourth-order valence-electron chi connectivity index (χ4n) is 2.07. The van der Waals surface area contributed by atoms with E-state index in [1.54, 1.807) is 19.1 Å². The van der Waals surface area contributed by atoms with Crippen molar-refractivity contribution in [2.24, 2.45) is 0 Å². The molecule has 0 bridgehead atoms. The predicted molar refractivity (Wildman–Crippen MR) is 87.9 cm³/mol. The molecule has 0 fully saturated rings. The molecule has 6 heteroatoms. The number of nitrogens with zero attached hydrogens (tertiary/aromatic N) is 1. The van der Waals surface area contributed by atoms with Crippen LogP contribution in [0.15, 0.2) is 36.4 Å². The number of ether oxygens (including phenoxy) is 1. The number of carbonyl (C=O) groups excluding carboxylic acids is 1. The van der Waals surface area contributed by atoms with Gasteiger partial charge in [0.05, 0.1) is 10.6 Å². The zero-order chi connectivity index (χ0) is 17.0. The van der Waals surface area contributed by atoms with E-state index in [0.29, 0.717) is 11.4 Å². The number of non-ortho nitro benzene ring substituents is 1. The summed E-state index contributed by atoms with van der Waals surface area (Å²) in [5.41, 5.74) is 3.15. The van der Waals surface area contributed by atoms with Crippen molar-refractivity contribution in [2.75, 3.05) is 11.9 Å². The molecule has 0 aliphatic carbocycles. The minimum atomic E-state index is -0.498. The van der Waals surface area contributed by atoms with Gasteiger partial charge >= 0.3 is 0 Å². The van der Waals surface area contributed by atoms with E-state index < -0.39 is 4.92 Å². The molecule has 23 heavy (non-hydrogen) atoms. The predicted octanol–water partition coefficient (Wildman–Crippen LogP) is 3.54. The van der Waals surface area contributed by atoms with Crippen molar-refractivity contribution in [1.82, 2.24) is 0 Å². The van der Waals surface area contributed by atoms with Gasteiger partial charge in [-0.1, -0.05) is 18.2 Å². The Morgan fingerprint density at radius 1 is 1.17 bits per heavy atom. The summed E-state index contributed by atoms with van der Waals surface area (Å²) in [6.45, 7) is 5.50. The Morgan fingerprint density at radius 2 is 1.91 bits per heavy atom. The van der Waals surface area contributed by atoms with Gasteiger partial charge in [0.2, 0.25) is 0 Å². The lowest BCUT2D eigenvalue weighted by Gasteiger charge is -2.12. The first kappa shape index (κ1) is 16.5. The molecule has 2 aromatic rings. The molecular formula is C17H18N2O4.